The van der Waals surface area contributed by atoms with E-state index in [1.165, 1.54) is 51.4 Å². The van der Waals surface area contributed by atoms with Crippen molar-refractivity contribution in [3.63, 3.8) is 0 Å². The van der Waals surface area contributed by atoms with E-state index in [-0.39, 0.29) is 11.9 Å². The average Bonchev–Trinajstić information content (AvgIpc) is 2.59. The summed E-state index contributed by atoms with van der Waals surface area (Å²) in [5.74, 6) is -0.252. The summed E-state index contributed by atoms with van der Waals surface area (Å²) in [5, 5.41) is 0. The van der Waals surface area contributed by atoms with Gasteiger partial charge < -0.3 is 9.47 Å². The number of unbranched alkanes of at least 4 members (excludes halogenated alkanes) is 11. The van der Waals surface area contributed by atoms with Crippen LogP contribution in [0.1, 0.15) is 110 Å². The Morgan fingerprint density at radius 3 is 1.52 bits per heavy atom. The Labute approximate surface area is 155 Å². The van der Waals surface area contributed by atoms with Crippen LogP contribution in [0.2, 0.25) is 0 Å². The maximum Gasteiger partial charge on any atom is 0.305 e. The van der Waals surface area contributed by atoms with Crippen molar-refractivity contribution in [2.75, 3.05) is 13.2 Å². The molecule has 0 aliphatic rings. The summed E-state index contributed by atoms with van der Waals surface area (Å²) in [5.41, 5.74) is 0. The minimum atomic E-state index is -0.147. The molecule has 0 aromatic rings. The Kier molecular flexibility index (Phi) is 18.5. The molecule has 0 bridgehead atoms. The zero-order valence-corrected chi connectivity index (χ0v) is 16.7. The van der Waals surface area contributed by atoms with E-state index in [2.05, 4.69) is 6.92 Å². The van der Waals surface area contributed by atoms with Crippen LogP contribution in [0.25, 0.3) is 0 Å². The van der Waals surface area contributed by atoms with Crippen molar-refractivity contribution in [1.29, 1.82) is 0 Å². The molecule has 0 saturated carbocycles. The Bertz CT molecular complexity index is 315. The minimum Gasteiger partial charge on any atom is -0.466 e. The molecule has 0 rings (SSSR count). The fourth-order valence-electron chi connectivity index (χ4n) is 2.80. The molecule has 0 heterocycles. The molecular formula is C21H40O4. The van der Waals surface area contributed by atoms with Gasteiger partial charge in [-0.25, -0.2) is 0 Å². The molecule has 0 atom stereocenters. The van der Waals surface area contributed by atoms with Gasteiger partial charge in [-0.2, -0.15) is 0 Å². The highest BCUT2D eigenvalue weighted by atomic mass is 16.5. The van der Waals surface area contributed by atoms with Crippen molar-refractivity contribution < 1.29 is 19.1 Å². The summed E-state index contributed by atoms with van der Waals surface area (Å²) in [6.07, 6.45) is 16.2. The first-order valence-electron chi connectivity index (χ1n) is 10.5. The zero-order chi connectivity index (χ0) is 18.6. The Morgan fingerprint density at radius 2 is 1.00 bits per heavy atom. The van der Waals surface area contributed by atoms with Crippen LogP contribution in [-0.4, -0.2) is 25.2 Å². The molecule has 25 heavy (non-hydrogen) atoms. The first-order valence-corrected chi connectivity index (χ1v) is 10.5. The van der Waals surface area contributed by atoms with Crippen molar-refractivity contribution in [1.82, 2.24) is 0 Å². The summed E-state index contributed by atoms with van der Waals surface area (Å²) in [4.78, 5) is 22.7. The molecule has 4 heteroatoms. The first kappa shape index (κ1) is 23.9. The lowest BCUT2D eigenvalue weighted by molar-refractivity contribution is -0.144. The lowest BCUT2D eigenvalue weighted by Gasteiger charge is -2.05. The second-order valence-electron chi connectivity index (χ2n) is 6.77. The maximum atomic E-state index is 11.6. The third-order valence-electron chi connectivity index (χ3n) is 4.33. The van der Waals surface area contributed by atoms with E-state index in [0.29, 0.717) is 26.1 Å². The predicted molar refractivity (Wildman–Crippen MR) is 103 cm³/mol. The molecule has 0 unspecified atom stereocenters. The summed E-state index contributed by atoms with van der Waals surface area (Å²) in [6, 6.07) is 0. The van der Waals surface area contributed by atoms with Crippen molar-refractivity contribution in [3.8, 4) is 0 Å². The van der Waals surface area contributed by atoms with Gasteiger partial charge in [0.25, 0.3) is 0 Å². The van der Waals surface area contributed by atoms with E-state index in [9.17, 15) is 9.59 Å². The third-order valence-corrected chi connectivity index (χ3v) is 4.33. The van der Waals surface area contributed by atoms with E-state index in [1.54, 1.807) is 0 Å². The summed E-state index contributed by atoms with van der Waals surface area (Å²) >= 11 is 0. The Morgan fingerprint density at radius 1 is 0.560 bits per heavy atom. The van der Waals surface area contributed by atoms with E-state index in [4.69, 9.17) is 9.47 Å². The van der Waals surface area contributed by atoms with Crippen molar-refractivity contribution in [3.05, 3.63) is 0 Å². The van der Waals surface area contributed by atoms with Crippen LogP contribution >= 0.6 is 0 Å². The third kappa shape index (κ3) is 19.1. The standard InChI is InChI=1S/C21H40O4/c1-3-5-6-7-8-9-10-11-12-16-19-25-21(23)18-15-13-14-17-20(22)24-4-2/h3-19H2,1-2H3. The van der Waals surface area contributed by atoms with Crippen LogP contribution < -0.4 is 0 Å². The maximum absolute atomic E-state index is 11.6. The largest absolute Gasteiger partial charge is 0.466 e. The molecule has 0 N–H and O–H groups in total. The number of carbonyl (C=O) groups is 2. The molecular weight excluding hydrogens is 316 g/mol. The van der Waals surface area contributed by atoms with Gasteiger partial charge in [-0.15, -0.1) is 0 Å². The van der Waals surface area contributed by atoms with Crippen molar-refractivity contribution in [2.24, 2.45) is 0 Å². The molecule has 0 aromatic carbocycles. The molecule has 4 nitrogen and oxygen atoms in total. The first-order chi connectivity index (χ1) is 12.2. The van der Waals surface area contributed by atoms with Crippen LogP contribution in [0.4, 0.5) is 0 Å². The van der Waals surface area contributed by atoms with Gasteiger partial charge in [-0.05, 0) is 26.2 Å². The van der Waals surface area contributed by atoms with Gasteiger partial charge in [0.1, 0.15) is 0 Å². The number of rotatable bonds is 18. The molecule has 0 aliphatic heterocycles. The second kappa shape index (κ2) is 19.3. The van der Waals surface area contributed by atoms with Crippen LogP contribution in [0.3, 0.4) is 0 Å². The SMILES string of the molecule is CCCCCCCCCCCCOC(=O)CCCCCC(=O)OCC. The summed E-state index contributed by atoms with van der Waals surface area (Å²) < 4.78 is 10.1. The van der Waals surface area contributed by atoms with Crippen LogP contribution in [-0.2, 0) is 19.1 Å². The molecule has 0 radical (unpaired) electrons. The quantitative estimate of drug-likeness (QED) is 0.224. The van der Waals surface area contributed by atoms with Crippen molar-refractivity contribution >= 4 is 11.9 Å². The number of hydrogen-bond donors (Lipinski definition) is 0. The number of hydrogen-bond acceptors (Lipinski definition) is 4. The molecule has 0 saturated heterocycles. The van der Waals surface area contributed by atoms with Gasteiger partial charge in [-0.1, -0.05) is 71.1 Å². The van der Waals surface area contributed by atoms with E-state index in [0.717, 1.165) is 32.1 Å². The highest BCUT2D eigenvalue weighted by molar-refractivity contribution is 5.69. The number of carbonyl (C=O) groups excluding carboxylic acids is 2. The van der Waals surface area contributed by atoms with Gasteiger partial charge in [0.05, 0.1) is 13.2 Å². The smallest absolute Gasteiger partial charge is 0.305 e. The molecule has 0 fully saturated rings. The van der Waals surface area contributed by atoms with Crippen LogP contribution in [0.5, 0.6) is 0 Å². The molecule has 0 amide bonds. The van der Waals surface area contributed by atoms with Crippen LogP contribution in [0.15, 0.2) is 0 Å². The van der Waals surface area contributed by atoms with Gasteiger partial charge in [0, 0.05) is 12.8 Å². The highest BCUT2D eigenvalue weighted by Crippen LogP contribution is 2.11. The average molecular weight is 357 g/mol. The predicted octanol–water partition coefficient (Wildman–Crippen LogP) is 5.96. The fourth-order valence-corrected chi connectivity index (χ4v) is 2.80. The van der Waals surface area contributed by atoms with Crippen LogP contribution in [0, 0.1) is 0 Å². The highest BCUT2D eigenvalue weighted by Gasteiger charge is 2.04. The topological polar surface area (TPSA) is 52.6 Å². The molecule has 0 aromatic heterocycles. The van der Waals surface area contributed by atoms with Gasteiger partial charge >= 0.3 is 11.9 Å². The lowest BCUT2D eigenvalue weighted by Crippen LogP contribution is -2.06. The van der Waals surface area contributed by atoms with Crippen molar-refractivity contribution in [2.45, 2.75) is 110 Å². The monoisotopic (exact) mass is 356 g/mol. The minimum absolute atomic E-state index is 0.105. The number of esters is 2. The molecule has 148 valence electrons. The van der Waals surface area contributed by atoms with Gasteiger partial charge in [0.2, 0.25) is 0 Å². The second-order valence-corrected chi connectivity index (χ2v) is 6.77. The molecule has 0 aliphatic carbocycles. The normalized spacial score (nSPS) is 10.6. The fraction of sp³-hybridized carbons (Fsp3) is 0.905. The summed E-state index contributed by atoms with van der Waals surface area (Å²) in [6.45, 7) is 5.05. The molecule has 0 spiro atoms. The Hall–Kier alpha value is -1.06. The number of ether oxygens (including phenoxy) is 2. The van der Waals surface area contributed by atoms with E-state index in [1.807, 2.05) is 6.92 Å². The lowest BCUT2D eigenvalue weighted by atomic mass is 10.1. The van der Waals surface area contributed by atoms with Gasteiger partial charge in [0.15, 0.2) is 0 Å². The van der Waals surface area contributed by atoms with Gasteiger partial charge in [-0.3, -0.25) is 9.59 Å². The van der Waals surface area contributed by atoms with E-state index < -0.39 is 0 Å². The summed E-state index contributed by atoms with van der Waals surface area (Å²) in [7, 11) is 0. The zero-order valence-electron chi connectivity index (χ0n) is 16.7. The van der Waals surface area contributed by atoms with E-state index >= 15 is 0 Å². The Balaban J connectivity index is 3.21.